The molecule has 0 aliphatic carbocycles. The summed E-state index contributed by atoms with van der Waals surface area (Å²) >= 11 is 0. The average molecular weight is 339 g/mol. The number of carbonyl (C=O) groups excluding carboxylic acids is 1. The van der Waals surface area contributed by atoms with Gasteiger partial charge in [-0.2, -0.15) is 5.26 Å². The largest absolute Gasteiger partial charge is 0.475 e. The van der Waals surface area contributed by atoms with Gasteiger partial charge in [-0.1, -0.05) is 0 Å². The van der Waals surface area contributed by atoms with Gasteiger partial charge in [0, 0.05) is 18.0 Å². The van der Waals surface area contributed by atoms with E-state index in [0.717, 1.165) is 0 Å². The lowest BCUT2D eigenvalue weighted by Crippen LogP contribution is -2.22. The molecule has 6 heteroatoms. The molecule has 0 aliphatic heterocycles. The smallest absolute Gasteiger partial charge is 0.257 e. The van der Waals surface area contributed by atoms with Crippen LogP contribution in [0.2, 0.25) is 0 Å². The molecule has 0 atom stereocenters. The number of amides is 1. The summed E-state index contributed by atoms with van der Waals surface area (Å²) in [6, 6.07) is 12.0. The molecule has 2 rings (SSSR count). The van der Waals surface area contributed by atoms with E-state index >= 15 is 0 Å². The number of pyridine rings is 1. The predicted molar refractivity (Wildman–Crippen MR) is 94.5 cm³/mol. The molecule has 0 aliphatic rings. The molecule has 130 valence electrons. The molecule has 0 spiro atoms. The maximum Gasteiger partial charge on any atom is 0.257 e. The van der Waals surface area contributed by atoms with Crippen molar-refractivity contribution >= 4 is 11.6 Å². The van der Waals surface area contributed by atoms with E-state index in [4.69, 9.17) is 14.7 Å². The number of nitriles is 1. The van der Waals surface area contributed by atoms with Gasteiger partial charge in [-0.15, -0.1) is 0 Å². The lowest BCUT2D eigenvalue weighted by molar-refractivity contribution is -0.0168. The van der Waals surface area contributed by atoms with Crippen LogP contribution in [0.25, 0.3) is 0 Å². The molecule has 0 bridgehead atoms. The van der Waals surface area contributed by atoms with Crippen LogP contribution >= 0.6 is 0 Å². The topological polar surface area (TPSA) is 84.2 Å². The molecule has 25 heavy (non-hydrogen) atoms. The number of carbonyl (C=O) groups is 1. The normalized spacial score (nSPS) is 10.8. The van der Waals surface area contributed by atoms with Crippen LogP contribution in [-0.2, 0) is 4.74 Å². The monoisotopic (exact) mass is 339 g/mol. The van der Waals surface area contributed by atoms with Crippen LogP contribution < -0.4 is 10.1 Å². The zero-order chi connectivity index (χ0) is 18.3. The zero-order valence-electron chi connectivity index (χ0n) is 14.6. The second-order valence-corrected chi connectivity index (χ2v) is 6.34. The minimum Gasteiger partial charge on any atom is -0.475 e. The van der Waals surface area contributed by atoms with E-state index in [1.807, 2.05) is 26.8 Å². The number of nitrogens with one attached hydrogen (secondary N) is 1. The number of rotatable bonds is 6. The van der Waals surface area contributed by atoms with E-state index in [-0.39, 0.29) is 11.5 Å². The summed E-state index contributed by atoms with van der Waals surface area (Å²) in [6.45, 7) is 6.79. The van der Waals surface area contributed by atoms with Gasteiger partial charge < -0.3 is 14.8 Å². The van der Waals surface area contributed by atoms with Crippen molar-refractivity contribution in [3.8, 4) is 11.9 Å². The first-order valence-corrected chi connectivity index (χ1v) is 7.92. The van der Waals surface area contributed by atoms with Gasteiger partial charge >= 0.3 is 0 Å². The fourth-order valence-corrected chi connectivity index (χ4v) is 1.93. The molecule has 1 aromatic heterocycles. The number of hydrogen-bond acceptors (Lipinski definition) is 5. The predicted octanol–water partition coefficient (Wildman–Crippen LogP) is 3.40. The van der Waals surface area contributed by atoms with E-state index in [1.54, 1.807) is 36.4 Å². The molecule has 6 nitrogen and oxygen atoms in total. The molecule has 0 saturated carbocycles. The van der Waals surface area contributed by atoms with E-state index in [0.29, 0.717) is 35.9 Å². The van der Waals surface area contributed by atoms with Crippen molar-refractivity contribution < 1.29 is 14.3 Å². The van der Waals surface area contributed by atoms with Crippen LogP contribution in [-0.4, -0.2) is 29.7 Å². The summed E-state index contributed by atoms with van der Waals surface area (Å²) in [4.78, 5) is 16.3. The number of hydrogen-bond donors (Lipinski definition) is 1. The Morgan fingerprint density at radius 3 is 2.44 bits per heavy atom. The SMILES string of the molecule is CC(C)(C)OCCOc1ccc(C(=O)Nc2ccc(C#N)cc2)cn1. The fraction of sp³-hybridized carbons (Fsp3) is 0.316. The van der Waals surface area contributed by atoms with Gasteiger partial charge in [0.25, 0.3) is 5.91 Å². The minimum atomic E-state index is -0.278. The van der Waals surface area contributed by atoms with Crippen LogP contribution in [0.3, 0.4) is 0 Å². The third-order valence-electron chi connectivity index (χ3n) is 3.14. The maximum absolute atomic E-state index is 12.2. The molecule has 0 saturated heterocycles. The van der Waals surface area contributed by atoms with Gasteiger partial charge in [0.1, 0.15) is 6.61 Å². The third kappa shape index (κ3) is 6.24. The molecule has 2 aromatic rings. The highest BCUT2D eigenvalue weighted by Crippen LogP contribution is 2.13. The van der Waals surface area contributed by atoms with Crippen molar-refractivity contribution in [1.29, 1.82) is 5.26 Å². The lowest BCUT2D eigenvalue weighted by Gasteiger charge is -2.19. The Hall–Kier alpha value is -2.91. The molecule has 1 N–H and O–H groups in total. The van der Waals surface area contributed by atoms with Crippen LogP contribution in [0.4, 0.5) is 5.69 Å². The van der Waals surface area contributed by atoms with Crippen molar-refractivity contribution in [2.75, 3.05) is 18.5 Å². The Morgan fingerprint density at radius 2 is 1.88 bits per heavy atom. The molecule has 1 heterocycles. The summed E-state index contributed by atoms with van der Waals surface area (Å²) in [5.74, 6) is 0.159. The maximum atomic E-state index is 12.2. The van der Waals surface area contributed by atoms with Crippen LogP contribution in [0.15, 0.2) is 42.6 Å². The number of nitrogens with zero attached hydrogens (tertiary/aromatic N) is 2. The molecule has 0 unspecified atom stereocenters. The standard InChI is InChI=1S/C19H21N3O3/c1-19(2,3)25-11-10-24-17-9-6-15(13-21-17)18(23)22-16-7-4-14(12-20)5-8-16/h4-9,13H,10-11H2,1-3H3,(H,22,23). The van der Waals surface area contributed by atoms with E-state index < -0.39 is 0 Å². The highest BCUT2D eigenvalue weighted by Gasteiger charge is 2.10. The summed E-state index contributed by atoms with van der Waals surface area (Å²) < 4.78 is 11.0. The zero-order valence-corrected chi connectivity index (χ0v) is 14.6. The van der Waals surface area contributed by atoms with Crippen molar-refractivity contribution in [2.45, 2.75) is 26.4 Å². The summed E-state index contributed by atoms with van der Waals surface area (Å²) in [7, 11) is 0. The third-order valence-corrected chi connectivity index (χ3v) is 3.14. The van der Waals surface area contributed by atoms with Crippen LogP contribution in [0.1, 0.15) is 36.7 Å². The van der Waals surface area contributed by atoms with Crippen molar-refractivity contribution in [3.63, 3.8) is 0 Å². The van der Waals surface area contributed by atoms with Gasteiger partial charge in [0.2, 0.25) is 5.88 Å². The minimum absolute atomic E-state index is 0.204. The first-order chi connectivity index (χ1) is 11.9. The Morgan fingerprint density at radius 1 is 1.16 bits per heavy atom. The number of aromatic nitrogens is 1. The fourth-order valence-electron chi connectivity index (χ4n) is 1.93. The summed E-state index contributed by atoms with van der Waals surface area (Å²) in [6.07, 6.45) is 1.46. The van der Waals surface area contributed by atoms with E-state index in [1.165, 1.54) is 6.20 Å². The molecular formula is C19H21N3O3. The Bertz CT molecular complexity index is 741. The van der Waals surface area contributed by atoms with Gasteiger partial charge in [0.15, 0.2) is 0 Å². The quantitative estimate of drug-likeness (QED) is 0.815. The number of benzene rings is 1. The van der Waals surface area contributed by atoms with E-state index in [2.05, 4.69) is 10.3 Å². The van der Waals surface area contributed by atoms with Crippen molar-refractivity contribution in [3.05, 3.63) is 53.7 Å². The van der Waals surface area contributed by atoms with Crippen molar-refractivity contribution in [1.82, 2.24) is 4.98 Å². The summed E-state index contributed by atoms with van der Waals surface area (Å²) in [5, 5.41) is 11.5. The van der Waals surface area contributed by atoms with Crippen molar-refractivity contribution in [2.24, 2.45) is 0 Å². The molecule has 0 radical (unpaired) electrons. The van der Waals surface area contributed by atoms with E-state index in [9.17, 15) is 4.79 Å². The molecular weight excluding hydrogens is 318 g/mol. The first kappa shape index (κ1) is 18.4. The Labute approximate surface area is 147 Å². The number of anilines is 1. The first-order valence-electron chi connectivity index (χ1n) is 7.92. The highest BCUT2D eigenvalue weighted by molar-refractivity contribution is 6.04. The average Bonchev–Trinajstić information content (AvgIpc) is 2.59. The Kier molecular flexibility index (Phi) is 6.09. The lowest BCUT2D eigenvalue weighted by atomic mass is 10.2. The van der Waals surface area contributed by atoms with Crippen LogP contribution in [0, 0.1) is 11.3 Å². The van der Waals surface area contributed by atoms with Crippen LogP contribution in [0.5, 0.6) is 5.88 Å². The van der Waals surface area contributed by atoms with Gasteiger partial charge in [0.05, 0.1) is 29.4 Å². The summed E-state index contributed by atoms with van der Waals surface area (Å²) in [5.41, 5.74) is 1.37. The Balaban J connectivity index is 1.86. The van der Waals surface area contributed by atoms with Gasteiger partial charge in [-0.05, 0) is 51.1 Å². The molecule has 1 amide bonds. The van der Waals surface area contributed by atoms with Gasteiger partial charge in [-0.3, -0.25) is 4.79 Å². The molecule has 0 fully saturated rings. The molecule has 1 aromatic carbocycles. The van der Waals surface area contributed by atoms with Gasteiger partial charge in [-0.25, -0.2) is 4.98 Å². The number of ether oxygens (including phenoxy) is 2. The highest BCUT2D eigenvalue weighted by atomic mass is 16.5. The second kappa shape index (κ2) is 8.27. The second-order valence-electron chi connectivity index (χ2n) is 6.34.